The Kier molecular flexibility index (Phi) is 4.98. The van der Waals surface area contributed by atoms with E-state index in [1.54, 1.807) is 0 Å². The SMILES string of the molecule is NC(=O)Nc1ccc(CNCC2CC=CCC2)cc1. The summed E-state index contributed by atoms with van der Waals surface area (Å²) in [5.41, 5.74) is 7.00. The molecule has 0 aromatic heterocycles. The minimum Gasteiger partial charge on any atom is -0.351 e. The molecule has 1 atom stereocenters. The fraction of sp³-hybridized carbons (Fsp3) is 0.400. The Bertz CT molecular complexity index is 439. The summed E-state index contributed by atoms with van der Waals surface area (Å²) >= 11 is 0. The Balaban J connectivity index is 1.73. The molecule has 1 aliphatic rings. The molecule has 1 unspecified atom stereocenters. The molecule has 0 radical (unpaired) electrons. The van der Waals surface area contributed by atoms with E-state index in [0.717, 1.165) is 24.7 Å². The van der Waals surface area contributed by atoms with E-state index < -0.39 is 6.03 Å². The molecule has 1 aromatic rings. The van der Waals surface area contributed by atoms with Crippen LogP contribution >= 0.6 is 0 Å². The highest BCUT2D eigenvalue weighted by molar-refractivity contribution is 5.87. The van der Waals surface area contributed by atoms with Crippen LogP contribution in [-0.2, 0) is 6.54 Å². The molecule has 1 aromatic carbocycles. The maximum atomic E-state index is 10.7. The standard InChI is InChI=1S/C15H21N3O/c16-15(19)18-14-8-6-13(7-9-14)11-17-10-12-4-2-1-3-5-12/h1-2,6-9,12,17H,3-5,10-11H2,(H3,16,18,19). The van der Waals surface area contributed by atoms with Crippen molar-refractivity contribution in [2.45, 2.75) is 25.8 Å². The van der Waals surface area contributed by atoms with E-state index in [-0.39, 0.29) is 0 Å². The molecule has 0 saturated heterocycles. The van der Waals surface area contributed by atoms with Crippen LogP contribution in [0.4, 0.5) is 10.5 Å². The van der Waals surface area contributed by atoms with Crippen molar-refractivity contribution in [3.05, 3.63) is 42.0 Å². The van der Waals surface area contributed by atoms with Gasteiger partial charge in [-0.05, 0) is 49.4 Å². The van der Waals surface area contributed by atoms with Gasteiger partial charge in [0.2, 0.25) is 0 Å². The van der Waals surface area contributed by atoms with E-state index in [1.165, 1.54) is 24.8 Å². The first-order valence-electron chi connectivity index (χ1n) is 6.75. The lowest BCUT2D eigenvalue weighted by Crippen LogP contribution is -2.23. The van der Waals surface area contributed by atoms with Gasteiger partial charge < -0.3 is 16.4 Å². The van der Waals surface area contributed by atoms with Crippen LogP contribution in [0.15, 0.2) is 36.4 Å². The van der Waals surface area contributed by atoms with Gasteiger partial charge in [-0.2, -0.15) is 0 Å². The lowest BCUT2D eigenvalue weighted by molar-refractivity contribution is 0.259. The second kappa shape index (κ2) is 6.95. The van der Waals surface area contributed by atoms with Crippen molar-refractivity contribution in [3.8, 4) is 0 Å². The summed E-state index contributed by atoms with van der Waals surface area (Å²) < 4.78 is 0. The summed E-state index contributed by atoms with van der Waals surface area (Å²) in [5, 5.41) is 6.04. The van der Waals surface area contributed by atoms with Crippen molar-refractivity contribution in [1.82, 2.24) is 5.32 Å². The minimum absolute atomic E-state index is 0.531. The van der Waals surface area contributed by atoms with Crippen molar-refractivity contribution < 1.29 is 4.79 Å². The van der Waals surface area contributed by atoms with Crippen LogP contribution in [0.1, 0.15) is 24.8 Å². The number of primary amides is 1. The zero-order valence-corrected chi connectivity index (χ0v) is 11.1. The third kappa shape index (κ3) is 4.75. The molecule has 19 heavy (non-hydrogen) atoms. The summed E-state index contributed by atoms with van der Waals surface area (Å²) in [4.78, 5) is 10.7. The summed E-state index contributed by atoms with van der Waals surface area (Å²) in [7, 11) is 0. The Labute approximate surface area is 114 Å². The largest absolute Gasteiger partial charge is 0.351 e. The summed E-state index contributed by atoms with van der Waals surface area (Å²) in [6, 6.07) is 7.20. The first-order valence-corrected chi connectivity index (χ1v) is 6.75. The predicted octanol–water partition coefficient (Wildman–Crippen LogP) is 2.62. The van der Waals surface area contributed by atoms with Crippen LogP contribution in [0, 0.1) is 5.92 Å². The van der Waals surface area contributed by atoms with E-state index in [1.807, 2.05) is 24.3 Å². The molecular weight excluding hydrogens is 238 g/mol. The van der Waals surface area contributed by atoms with Crippen molar-refractivity contribution in [1.29, 1.82) is 0 Å². The Morgan fingerprint density at radius 1 is 1.26 bits per heavy atom. The number of nitrogens with two attached hydrogens (primary N) is 1. The van der Waals surface area contributed by atoms with Crippen molar-refractivity contribution >= 4 is 11.7 Å². The highest BCUT2D eigenvalue weighted by atomic mass is 16.2. The maximum absolute atomic E-state index is 10.7. The highest BCUT2D eigenvalue weighted by Crippen LogP contribution is 2.17. The Hall–Kier alpha value is -1.81. The number of allylic oxidation sites excluding steroid dienone is 2. The molecule has 4 nitrogen and oxygen atoms in total. The topological polar surface area (TPSA) is 67.2 Å². The third-order valence-electron chi connectivity index (χ3n) is 3.36. The quantitative estimate of drug-likeness (QED) is 0.712. The van der Waals surface area contributed by atoms with Crippen molar-refractivity contribution in [2.24, 2.45) is 11.7 Å². The van der Waals surface area contributed by atoms with Crippen molar-refractivity contribution in [2.75, 3.05) is 11.9 Å². The molecule has 0 aliphatic heterocycles. The molecule has 1 aliphatic carbocycles. The number of anilines is 1. The molecule has 102 valence electrons. The average Bonchev–Trinajstić information content (AvgIpc) is 2.41. The number of carbonyl (C=O) groups is 1. The number of hydrogen-bond donors (Lipinski definition) is 3. The molecule has 0 heterocycles. The molecule has 0 spiro atoms. The second-order valence-electron chi connectivity index (χ2n) is 4.97. The lowest BCUT2D eigenvalue weighted by Gasteiger charge is -2.18. The van der Waals surface area contributed by atoms with Gasteiger partial charge in [-0.25, -0.2) is 4.79 Å². The molecule has 0 saturated carbocycles. The average molecular weight is 259 g/mol. The Morgan fingerprint density at radius 2 is 2.05 bits per heavy atom. The van der Waals surface area contributed by atoms with Crippen LogP contribution in [0.25, 0.3) is 0 Å². The number of carbonyl (C=O) groups excluding carboxylic acids is 1. The fourth-order valence-corrected chi connectivity index (χ4v) is 2.31. The molecule has 0 bridgehead atoms. The van der Waals surface area contributed by atoms with Crippen LogP contribution < -0.4 is 16.4 Å². The van der Waals surface area contributed by atoms with Crippen molar-refractivity contribution in [3.63, 3.8) is 0 Å². The molecular formula is C15H21N3O. The molecule has 0 fully saturated rings. The van der Waals surface area contributed by atoms with E-state index in [4.69, 9.17) is 5.73 Å². The van der Waals surface area contributed by atoms with Gasteiger partial charge in [0, 0.05) is 12.2 Å². The van der Waals surface area contributed by atoms with Crippen LogP contribution in [0.5, 0.6) is 0 Å². The summed E-state index contributed by atoms with van der Waals surface area (Å²) in [5.74, 6) is 0.765. The van der Waals surface area contributed by atoms with Gasteiger partial charge in [-0.15, -0.1) is 0 Å². The zero-order valence-electron chi connectivity index (χ0n) is 11.1. The van der Waals surface area contributed by atoms with Crippen LogP contribution in [0.3, 0.4) is 0 Å². The van der Waals surface area contributed by atoms with Crippen LogP contribution in [0.2, 0.25) is 0 Å². The molecule has 4 heteroatoms. The minimum atomic E-state index is -0.531. The number of benzene rings is 1. The molecule has 2 amide bonds. The first kappa shape index (κ1) is 13.6. The van der Waals surface area contributed by atoms with Gasteiger partial charge in [0.15, 0.2) is 0 Å². The third-order valence-corrected chi connectivity index (χ3v) is 3.36. The van der Waals surface area contributed by atoms with E-state index in [0.29, 0.717) is 0 Å². The van der Waals surface area contributed by atoms with Gasteiger partial charge in [0.25, 0.3) is 0 Å². The summed E-state index contributed by atoms with van der Waals surface area (Å²) in [6.45, 7) is 1.92. The molecule has 4 N–H and O–H groups in total. The number of nitrogens with one attached hydrogen (secondary N) is 2. The predicted molar refractivity (Wildman–Crippen MR) is 77.8 cm³/mol. The fourth-order valence-electron chi connectivity index (χ4n) is 2.31. The zero-order chi connectivity index (χ0) is 13.5. The maximum Gasteiger partial charge on any atom is 0.316 e. The molecule has 2 rings (SSSR count). The highest BCUT2D eigenvalue weighted by Gasteiger charge is 2.08. The van der Waals surface area contributed by atoms with Gasteiger partial charge in [-0.1, -0.05) is 24.3 Å². The number of amides is 2. The van der Waals surface area contributed by atoms with Gasteiger partial charge in [-0.3, -0.25) is 0 Å². The Morgan fingerprint density at radius 3 is 2.68 bits per heavy atom. The monoisotopic (exact) mass is 259 g/mol. The number of urea groups is 1. The smallest absolute Gasteiger partial charge is 0.316 e. The van der Waals surface area contributed by atoms with E-state index in [9.17, 15) is 4.79 Å². The number of hydrogen-bond acceptors (Lipinski definition) is 2. The van der Waals surface area contributed by atoms with Gasteiger partial charge in [0.05, 0.1) is 0 Å². The lowest BCUT2D eigenvalue weighted by atomic mass is 9.94. The normalized spacial score (nSPS) is 18.2. The summed E-state index contributed by atoms with van der Waals surface area (Å²) in [6.07, 6.45) is 8.22. The first-order chi connectivity index (χ1) is 9.24. The van der Waals surface area contributed by atoms with E-state index in [2.05, 4.69) is 22.8 Å². The number of rotatable bonds is 5. The van der Waals surface area contributed by atoms with Gasteiger partial charge in [0.1, 0.15) is 0 Å². The van der Waals surface area contributed by atoms with E-state index >= 15 is 0 Å². The van der Waals surface area contributed by atoms with Gasteiger partial charge >= 0.3 is 6.03 Å². The second-order valence-corrected chi connectivity index (χ2v) is 4.97. The van der Waals surface area contributed by atoms with Crippen LogP contribution in [-0.4, -0.2) is 12.6 Å².